The molecule has 0 spiro atoms. The molecule has 5 nitrogen and oxygen atoms in total. The first-order valence-electron chi connectivity index (χ1n) is 4.40. The molecule has 1 N–H and O–H groups in total. The van der Waals surface area contributed by atoms with Gasteiger partial charge in [-0.3, -0.25) is 0 Å². The van der Waals surface area contributed by atoms with E-state index in [9.17, 15) is 0 Å². The van der Waals surface area contributed by atoms with E-state index >= 15 is 0 Å². The van der Waals surface area contributed by atoms with Gasteiger partial charge in [0.15, 0.2) is 0 Å². The zero-order valence-electron chi connectivity index (χ0n) is 8.58. The summed E-state index contributed by atoms with van der Waals surface area (Å²) < 4.78 is 5.20. The molecule has 0 heterocycles. The minimum atomic E-state index is 0.133. The maximum atomic E-state index is 7.97. The van der Waals surface area contributed by atoms with E-state index in [0.29, 0.717) is 19.8 Å². The molecule has 13 heavy (non-hydrogen) atoms. The van der Waals surface area contributed by atoms with Gasteiger partial charge in [0.05, 0.1) is 13.2 Å². The van der Waals surface area contributed by atoms with E-state index < -0.39 is 0 Å². The van der Waals surface area contributed by atoms with Crippen molar-refractivity contribution in [2.24, 2.45) is 5.11 Å². The third-order valence-electron chi connectivity index (χ3n) is 1.30. The van der Waals surface area contributed by atoms with Crippen LogP contribution in [0.2, 0.25) is 0 Å². The van der Waals surface area contributed by atoms with Crippen LogP contribution in [0.4, 0.5) is 0 Å². The Balaban J connectivity index is 3.13. The number of hydrogen-bond donors (Lipinski definition) is 1. The Morgan fingerprint density at radius 2 is 2.08 bits per heavy atom. The molecular weight excluding hydrogens is 168 g/mol. The van der Waals surface area contributed by atoms with Crippen molar-refractivity contribution in [3.05, 3.63) is 10.4 Å². The summed E-state index contributed by atoms with van der Waals surface area (Å²) in [5.41, 5.74) is 8.10. The molecule has 0 aromatic carbocycles. The average molecular weight is 186 g/mol. The van der Waals surface area contributed by atoms with Gasteiger partial charge in [-0.05, 0) is 26.3 Å². The van der Waals surface area contributed by atoms with E-state index in [1.165, 1.54) is 0 Å². The van der Waals surface area contributed by atoms with Crippen LogP contribution in [0.5, 0.6) is 0 Å². The van der Waals surface area contributed by atoms with Crippen LogP contribution >= 0.6 is 0 Å². The third-order valence-corrected chi connectivity index (χ3v) is 1.30. The second kappa shape index (κ2) is 6.71. The number of azide groups is 1. The number of hydrogen-bond acceptors (Lipinski definition) is 3. The molecule has 0 bridgehead atoms. The molecule has 0 amide bonds. The molecule has 5 heteroatoms. The Labute approximate surface area is 79.1 Å². The van der Waals surface area contributed by atoms with Gasteiger partial charge in [-0.25, -0.2) is 0 Å². The zero-order valence-corrected chi connectivity index (χ0v) is 8.58. The van der Waals surface area contributed by atoms with Crippen LogP contribution in [0.3, 0.4) is 0 Å². The predicted molar refractivity (Wildman–Crippen MR) is 52.6 cm³/mol. The number of nitrogens with zero attached hydrogens (tertiary/aromatic N) is 3. The van der Waals surface area contributed by atoms with Gasteiger partial charge in [-0.1, -0.05) is 5.11 Å². The van der Waals surface area contributed by atoms with Gasteiger partial charge in [0, 0.05) is 23.5 Å². The molecule has 0 unspecified atom stereocenters. The van der Waals surface area contributed by atoms with E-state index in [1.54, 1.807) is 0 Å². The normalized spacial score (nSPS) is 11.0. The van der Waals surface area contributed by atoms with Crippen molar-refractivity contribution in [2.45, 2.75) is 26.3 Å². The first-order chi connectivity index (χ1) is 6.06. The highest BCUT2D eigenvalue weighted by atomic mass is 16.5. The summed E-state index contributed by atoms with van der Waals surface area (Å²) in [5.74, 6) is 0. The summed E-state index contributed by atoms with van der Waals surface area (Å²) in [6, 6.07) is 0. The number of nitrogens with one attached hydrogen (secondary N) is 1. The highest BCUT2D eigenvalue weighted by Gasteiger charge is 2.06. The van der Waals surface area contributed by atoms with Gasteiger partial charge < -0.3 is 10.1 Å². The Bertz CT molecular complexity index is 169. The summed E-state index contributed by atoms with van der Waals surface area (Å²) in [6.45, 7) is 8.69. The fraction of sp³-hybridized carbons (Fsp3) is 1.00. The topological polar surface area (TPSA) is 70.0 Å². The second-order valence-corrected chi connectivity index (χ2v) is 3.74. The van der Waals surface area contributed by atoms with E-state index in [2.05, 4.69) is 36.1 Å². The van der Waals surface area contributed by atoms with Crippen molar-refractivity contribution in [3.8, 4) is 0 Å². The molecular formula is C8H18N4O. The quantitative estimate of drug-likeness (QED) is 0.297. The molecule has 0 fully saturated rings. The Kier molecular flexibility index (Phi) is 6.32. The van der Waals surface area contributed by atoms with E-state index in [-0.39, 0.29) is 5.54 Å². The van der Waals surface area contributed by atoms with Gasteiger partial charge in [-0.15, -0.1) is 0 Å². The first kappa shape index (κ1) is 12.2. The van der Waals surface area contributed by atoms with E-state index in [0.717, 1.165) is 6.54 Å². The fourth-order valence-corrected chi connectivity index (χ4v) is 0.750. The van der Waals surface area contributed by atoms with Crippen molar-refractivity contribution >= 4 is 0 Å². The van der Waals surface area contributed by atoms with Crippen molar-refractivity contribution < 1.29 is 4.74 Å². The molecule has 0 aromatic heterocycles. The lowest BCUT2D eigenvalue weighted by atomic mass is 10.1. The lowest BCUT2D eigenvalue weighted by molar-refractivity contribution is 0.138. The minimum Gasteiger partial charge on any atom is -0.380 e. The average Bonchev–Trinajstić information content (AvgIpc) is 2.01. The highest BCUT2D eigenvalue weighted by Crippen LogP contribution is 1.96. The van der Waals surface area contributed by atoms with Gasteiger partial charge in [0.2, 0.25) is 0 Å². The number of ether oxygens (including phenoxy) is 1. The molecule has 0 radical (unpaired) electrons. The molecule has 0 saturated carbocycles. The third kappa shape index (κ3) is 11.2. The molecule has 0 aliphatic rings. The molecule has 0 aliphatic heterocycles. The van der Waals surface area contributed by atoms with Crippen LogP contribution < -0.4 is 5.32 Å². The SMILES string of the molecule is CC(C)(C)NCCOCCN=[N+]=[N-]. The summed E-state index contributed by atoms with van der Waals surface area (Å²) in [5, 5.41) is 6.64. The maximum absolute atomic E-state index is 7.97. The van der Waals surface area contributed by atoms with E-state index in [1.807, 2.05) is 0 Å². The molecule has 0 atom stereocenters. The molecule has 0 aliphatic carbocycles. The summed E-state index contributed by atoms with van der Waals surface area (Å²) >= 11 is 0. The zero-order chi connectivity index (χ0) is 10.2. The molecule has 76 valence electrons. The molecule has 0 saturated heterocycles. The van der Waals surface area contributed by atoms with Gasteiger partial charge in [-0.2, -0.15) is 0 Å². The summed E-state index contributed by atoms with van der Waals surface area (Å²) in [6.07, 6.45) is 0. The molecule has 0 aromatic rings. The fourth-order valence-electron chi connectivity index (χ4n) is 0.750. The van der Waals surface area contributed by atoms with Crippen LogP contribution in [0.15, 0.2) is 5.11 Å². The largest absolute Gasteiger partial charge is 0.380 e. The second-order valence-electron chi connectivity index (χ2n) is 3.74. The predicted octanol–water partition coefficient (Wildman–Crippen LogP) is 1.70. The van der Waals surface area contributed by atoms with Crippen LogP contribution in [0.25, 0.3) is 10.4 Å². The van der Waals surface area contributed by atoms with Gasteiger partial charge >= 0.3 is 0 Å². The van der Waals surface area contributed by atoms with Crippen molar-refractivity contribution in [1.82, 2.24) is 5.32 Å². The first-order valence-corrected chi connectivity index (χ1v) is 4.40. The standard InChI is InChI=1S/C8H18N4O/c1-8(2,3)10-4-6-13-7-5-11-12-9/h10H,4-7H2,1-3H3. The lowest BCUT2D eigenvalue weighted by Gasteiger charge is -2.20. The van der Waals surface area contributed by atoms with Crippen molar-refractivity contribution in [2.75, 3.05) is 26.3 Å². The molecule has 0 rings (SSSR count). The van der Waals surface area contributed by atoms with Crippen LogP contribution in [0.1, 0.15) is 20.8 Å². The Morgan fingerprint density at radius 1 is 1.38 bits per heavy atom. The number of rotatable bonds is 6. The highest BCUT2D eigenvalue weighted by molar-refractivity contribution is 4.69. The van der Waals surface area contributed by atoms with Crippen molar-refractivity contribution in [1.29, 1.82) is 0 Å². The van der Waals surface area contributed by atoms with Crippen molar-refractivity contribution in [3.63, 3.8) is 0 Å². The van der Waals surface area contributed by atoms with Gasteiger partial charge in [0.1, 0.15) is 0 Å². The van der Waals surface area contributed by atoms with Crippen LogP contribution in [-0.4, -0.2) is 31.8 Å². The smallest absolute Gasteiger partial charge is 0.0591 e. The monoisotopic (exact) mass is 186 g/mol. The minimum absolute atomic E-state index is 0.133. The Hall–Kier alpha value is -0.770. The van der Waals surface area contributed by atoms with Crippen LogP contribution in [0, 0.1) is 0 Å². The summed E-state index contributed by atoms with van der Waals surface area (Å²) in [7, 11) is 0. The Morgan fingerprint density at radius 3 is 2.62 bits per heavy atom. The van der Waals surface area contributed by atoms with Gasteiger partial charge in [0.25, 0.3) is 0 Å². The van der Waals surface area contributed by atoms with E-state index in [4.69, 9.17) is 10.3 Å². The maximum Gasteiger partial charge on any atom is 0.0591 e. The summed E-state index contributed by atoms with van der Waals surface area (Å²) in [4.78, 5) is 2.62. The lowest BCUT2D eigenvalue weighted by Crippen LogP contribution is -2.38. The van der Waals surface area contributed by atoms with Crippen LogP contribution in [-0.2, 0) is 4.74 Å².